The third-order valence-corrected chi connectivity index (χ3v) is 19.3. The number of fused-ring (bicyclic) bond motifs is 1. The summed E-state index contributed by atoms with van der Waals surface area (Å²) in [6.45, 7) is 3.60. The molecule has 2 aromatic carbocycles. The maximum absolute atomic E-state index is 6.62. The average Bonchev–Trinajstić information content (AvgIpc) is 3.00. The number of methoxy groups -OCH3 is 1. The average molecular weight is 616 g/mol. The van der Waals surface area contributed by atoms with E-state index in [0.29, 0.717) is 0 Å². The van der Waals surface area contributed by atoms with Crippen LogP contribution in [0.3, 0.4) is 0 Å². The zero-order valence-corrected chi connectivity index (χ0v) is 21.3. The van der Waals surface area contributed by atoms with E-state index >= 15 is 0 Å². The fraction of sp³-hybridized carbons (Fsp3) is 0.409. The number of rotatable bonds is 3. The third kappa shape index (κ3) is 5.84. The normalized spacial score (nSPS) is 16.8. The molecule has 0 aromatic heterocycles. The molecule has 2 heterocycles. The maximum atomic E-state index is 6.62. The van der Waals surface area contributed by atoms with E-state index in [1.807, 2.05) is 54.6 Å². The van der Waals surface area contributed by atoms with Crippen LogP contribution >= 0.6 is 17.0 Å². The van der Waals surface area contributed by atoms with Crippen LogP contribution in [0.25, 0.3) is 0 Å². The second-order valence-corrected chi connectivity index (χ2v) is 25.4. The number of amidine groups is 1. The molecule has 0 spiro atoms. The minimum absolute atomic E-state index is 0.818. The fourth-order valence-electron chi connectivity index (χ4n) is 3.47. The standard InChI is InChI=1S/C9H16N2.C7H7O.C6H5.Bi.2ClH/c1-2-5-9-10-6-4-8-11(9)7-3-1;1-8-7-5-3-2-4-6-7;1-2-4-6-5-3-1;;;/h1-8H2;3-6H,1H3;1-5H;;2*1H/q;;;+2;;/p-2. The molecule has 3 nitrogen and oxygen atoms in total. The van der Waals surface area contributed by atoms with Gasteiger partial charge in [-0.2, -0.15) is 0 Å². The van der Waals surface area contributed by atoms with Gasteiger partial charge in [-0.3, -0.25) is 4.99 Å². The molecule has 151 valence electrons. The Morgan fingerprint density at radius 2 is 1.54 bits per heavy atom. The molecule has 0 unspecified atom stereocenters. The van der Waals surface area contributed by atoms with Crippen molar-refractivity contribution in [3.63, 3.8) is 0 Å². The topological polar surface area (TPSA) is 24.8 Å². The van der Waals surface area contributed by atoms with Gasteiger partial charge in [0.1, 0.15) is 0 Å². The molecule has 2 aliphatic heterocycles. The number of halogens is 2. The van der Waals surface area contributed by atoms with E-state index in [-0.39, 0.29) is 0 Å². The van der Waals surface area contributed by atoms with Crippen molar-refractivity contribution in [3.8, 4) is 5.75 Å². The first-order valence-corrected chi connectivity index (χ1v) is 21.9. The van der Waals surface area contributed by atoms with Gasteiger partial charge in [0.15, 0.2) is 0 Å². The minimum atomic E-state index is -3.46. The quantitative estimate of drug-likeness (QED) is 0.479. The van der Waals surface area contributed by atoms with Gasteiger partial charge in [-0.25, -0.2) is 0 Å². The molecule has 0 atom stereocenters. The SMILES string of the molecule is C1CCC2=NCCCN2CC1.COc1cc[c]([Bi]([Cl])([Cl])[c]2ccccc2)cc1. The van der Waals surface area contributed by atoms with Crippen molar-refractivity contribution in [3.05, 3.63) is 54.6 Å². The van der Waals surface area contributed by atoms with E-state index in [1.165, 1.54) is 51.0 Å². The van der Waals surface area contributed by atoms with Crippen LogP contribution in [0, 0.1) is 0 Å². The van der Waals surface area contributed by atoms with Crippen molar-refractivity contribution < 1.29 is 4.74 Å². The van der Waals surface area contributed by atoms with E-state index in [9.17, 15) is 0 Å². The summed E-state index contributed by atoms with van der Waals surface area (Å²) < 4.78 is 7.24. The van der Waals surface area contributed by atoms with Crippen LogP contribution in [0.2, 0.25) is 0 Å². The van der Waals surface area contributed by atoms with Gasteiger partial charge in [0.2, 0.25) is 0 Å². The molecule has 0 saturated carbocycles. The van der Waals surface area contributed by atoms with Crippen molar-refractivity contribution in [1.82, 2.24) is 4.90 Å². The molecule has 2 aliphatic rings. The number of aliphatic imine (C=N–C) groups is 1. The second kappa shape index (κ2) is 10.8. The monoisotopic (exact) mass is 615 g/mol. The molecule has 6 heteroatoms. The molecule has 0 bridgehead atoms. The Labute approximate surface area is 180 Å². The van der Waals surface area contributed by atoms with Crippen LogP contribution in [0.1, 0.15) is 32.1 Å². The van der Waals surface area contributed by atoms with E-state index in [2.05, 4.69) is 9.89 Å². The Morgan fingerprint density at radius 1 is 0.857 bits per heavy atom. The van der Waals surface area contributed by atoms with Crippen molar-refractivity contribution in [1.29, 1.82) is 0 Å². The van der Waals surface area contributed by atoms with Gasteiger partial charge < -0.3 is 4.90 Å². The first-order valence-electron chi connectivity index (χ1n) is 9.88. The molecular weight excluding hydrogens is 588 g/mol. The molecular formula is C22H28BiCl2N2O. The number of ether oxygens (including phenoxy) is 1. The summed E-state index contributed by atoms with van der Waals surface area (Å²) in [6, 6.07) is 17.6. The first kappa shape index (κ1) is 21.9. The Hall–Kier alpha value is -0.827. The molecule has 4 rings (SSSR count). The summed E-state index contributed by atoms with van der Waals surface area (Å²) in [4.78, 5) is 7.04. The number of nitrogens with zero attached hydrogens (tertiary/aromatic N) is 2. The van der Waals surface area contributed by atoms with E-state index in [0.717, 1.165) is 18.8 Å². The fourth-order valence-corrected chi connectivity index (χ4v) is 12.7. The number of hydrogen-bond donors (Lipinski definition) is 0. The van der Waals surface area contributed by atoms with Gasteiger partial charge in [0, 0.05) is 26.1 Å². The molecule has 28 heavy (non-hydrogen) atoms. The van der Waals surface area contributed by atoms with Crippen LogP contribution in [0.15, 0.2) is 59.6 Å². The summed E-state index contributed by atoms with van der Waals surface area (Å²) >= 11 is -3.46. The van der Waals surface area contributed by atoms with Gasteiger partial charge in [0.05, 0.1) is 5.84 Å². The third-order valence-electron chi connectivity index (χ3n) is 5.05. The second-order valence-electron chi connectivity index (χ2n) is 7.00. The summed E-state index contributed by atoms with van der Waals surface area (Å²) in [6.07, 6.45) is 6.63. The van der Waals surface area contributed by atoms with Crippen molar-refractivity contribution in [2.75, 3.05) is 26.7 Å². The van der Waals surface area contributed by atoms with Gasteiger partial charge in [0.25, 0.3) is 0 Å². The Kier molecular flexibility index (Phi) is 8.44. The van der Waals surface area contributed by atoms with Crippen molar-refractivity contribution in [2.24, 2.45) is 4.99 Å². The Morgan fingerprint density at radius 3 is 2.25 bits per heavy atom. The van der Waals surface area contributed by atoms with Crippen LogP contribution in [0.5, 0.6) is 5.75 Å². The van der Waals surface area contributed by atoms with E-state index in [1.54, 1.807) is 7.11 Å². The predicted octanol–water partition coefficient (Wildman–Crippen LogP) is 4.39. The summed E-state index contributed by atoms with van der Waals surface area (Å²) in [5.74, 6) is 2.21. The molecule has 0 aliphatic carbocycles. The van der Waals surface area contributed by atoms with Crippen LogP contribution in [-0.2, 0) is 0 Å². The molecule has 1 saturated heterocycles. The van der Waals surface area contributed by atoms with Gasteiger partial charge >= 0.3 is 114 Å². The molecule has 0 amide bonds. The van der Waals surface area contributed by atoms with Crippen LogP contribution in [0.4, 0.5) is 0 Å². The van der Waals surface area contributed by atoms with Crippen molar-refractivity contribution >= 4 is 47.3 Å². The van der Waals surface area contributed by atoms with Crippen LogP contribution in [-0.4, -0.2) is 55.4 Å². The summed E-state index contributed by atoms with van der Waals surface area (Å²) in [5.41, 5.74) is 0. The van der Waals surface area contributed by atoms with Crippen LogP contribution < -0.4 is 11.3 Å². The predicted molar refractivity (Wildman–Crippen MR) is 123 cm³/mol. The molecule has 0 N–H and O–H groups in total. The van der Waals surface area contributed by atoms with Gasteiger partial charge in [-0.15, -0.1) is 0 Å². The number of hydrogen-bond acceptors (Lipinski definition) is 3. The summed E-state index contributed by atoms with van der Waals surface area (Å²) in [5, 5.41) is 0. The summed E-state index contributed by atoms with van der Waals surface area (Å²) in [7, 11) is 14.9. The van der Waals surface area contributed by atoms with E-state index < -0.39 is 17.9 Å². The molecule has 2 aromatic rings. The Bertz CT molecular complexity index is 766. The zero-order chi connectivity index (χ0) is 19.8. The molecule has 1 fully saturated rings. The van der Waals surface area contributed by atoms with Crippen molar-refractivity contribution in [2.45, 2.75) is 32.1 Å². The van der Waals surface area contributed by atoms with Gasteiger partial charge in [-0.05, 0) is 19.3 Å². The van der Waals surface area contributed by atoms with Gasteiger partial charge in [-0.1, -0.05) is 6.42 Å². The van der Waals surface area contributed by atoms with E-state index in [4.69, 9.17) is 21.8 Å². The first-order chi connectivity index (χ1) is 13.6. The Balaban J connectivity index is 0.000000176. The number of benzene rings is 2. The molecule has 1 radical (unpaired) electrons. The zero-order valence-electron chi connectivity index (χ0n) is 16.4.